The molecule has 0 aliphatic carbocycles. The van der Waals surface area contributed by atoms with E-state index in [0.717, 1.165) is 51.5 Å². The van der Waals surface area contributed by atoms with Gasteiger partial charge in [-0.2, -0.15) is 9.61 Å². The van der Waals surface area contributed by atoms with Crippen LogP contribution >= 0.6 is 11.8 Å². The minimum absolute atomic E-state index is 0.174. The SMILES string of the molecule is CSc1c(C2CC3CCC(C2)N3C)nc2c(-c3ccc(-c4ccccc4)nc3)cnn2c1N.Nc1nccnc1C=O. The molecule has 2 fully saturated rings. The van der Waals surface area contributed by atoms with E-state index < -0.39 is 0 Å². The van der Waals surface area contributed by atoms with Crippen LogP contribution in [0.1, 0.15) is 47.8 Å². The van der Waals surface area contributed by atoms with Crippen molar-refractivity contribution in [2.45, 2.75) is 48.6 Å². The molecule has 0 spiro atoms. The smallest absolute Gasteiger partial charge is 0.172 e. The lowest BCUT2D eigenvalue weighted by molar-refractivity contribution is 0.111. The van der Waals surface area contributed by atoms with Crippen LogP contribution in [0.5, 0.6) is 0 Å². The monoisotopic (exact) mass is 579 g/mol. The fourth-order valence-corrected chi connectivity index (χ4v) is 6.84. The van der Waals surface area contributed by atoms with Crippen LogP contribution in [0.25, 0.3) is 28.0 Å². The molecule has 2 unspecified atom stereocenters. The van der Waals surface area contributed by atoms with Crippen molar-refractivity contribution < 1.29 is 4.79 Å². The van der Waals surface area contributed by atoms with Crippen molar-refractivity contribution in [2.75, 3.05) is 24.8 Å². The summed E-state index contributed by atoms with van der Waals surface area (Å²) >= 11 is 1.68. The molecule has 214 valence electrons. The van der Waals surface area contributed by atoms with Crippen LogP contribution in [0.3, 0.4) is 0 Å². The molecule has 0 radical (unpaired) electrons. The number of hydrogen-bond acceptors (Lipinski definition) is 10. The summed E-state index contributed by atoms with van der Waals surface area (Å²) in [5.41, 5.74) is 18.1. The normalized spacial score (nSPS) is 19.8. The van der Waals surface area contributed by atoms with Gasteiger partial charge in [0.05, 0.1) is 22.5 Å². The van der Waals surface area contributed by atoms with E-state index >= 15 is 0 Å². The molecule has 0 saturated carbocycles. The molecule has 1 aromatic carbocycles. The van der Waals surface area contributed by atoms with Crippen LogP contribution in [-0.4, -0.2) is 66.1 Å². The number of piperidine rings is 1. The Morgan fingerprint density at radius 1 is 0.929 bits per heavy atom. The second kappa shape index (κ2) is 11.9. The molecule has 2 aliphatic rings. The number of hydrogen-bond donors (Lipinski definition) is 2. The van der Waals surface area contributed by atoms with Gasteiger partial charge in [-0.1, -0.05) is 36.4 Å². The van der Waals surface area contributed by atoms with Crippen LogP contribution in [0.4, 0.5) is 11.6 Å². The zero-order valence-corrected chi connectivity index (χ0v) is 24.4. The van der Waals surface area contributed by atoms with Gasteiger partial charge in [0.25, 0.3) is 0 Å². The number of pyridine rings is 1. The van der Waals surface area contributed by atoms with Gasteiger partial charge >= 0.3 is 0 Å². The molecule has 4 aromatic heterocycles. The zero-order chi connectivity index (χ0) is 29.2. The molecule has 5 aromatic rings. The zero-order valence-electron chi connectivity index (χ0n) is 23.6. The Hall–Kier alpha value is -4.35. The number of aldehydes is 1. The first-order chi connectivity index (χ1) is 20.5. The average Bonchev–Trinajstić information content (AvgIpc) is 3.53. The van der Waals surface area contributed by atoms with Gasteiger partial charge < -0.3 is 16.4 Å². The molecule has 2 atom stereocenters. The molecule has 11 heteroatoms. The minimum Gasteiger partial charge on any atom is -0.383 e. The molecule has 2 saturated heterocycles. The number of fused-ring (bicyclic) bond motifs is 3. The highest BCUT2D eigenvalue weighted by molar-refractivity contribution is 7.98. The Bertz CT molecular complexity index is 1690. The average molecular weight is 580 g/mol. The van der Waals surface area contributed by atoms with Crippen LogP contribution in [0.2, 0.25) is 0 Å². The topological polar surface area (TPSA) is 141 Å². The second-order valence-corrected chi connectivity index (χ2v) is 11.5. The van der Waals surface area contributed by atoms with Crippen molar-refractivity contribution in [2.24, 2.45) is 0 Å². The van der Waals surface area contributed by atoms with E-state index in [2.05, 4.69) is 57.5 Å². The number of rotatable bonds is 5. The number of carbonyl (C=O) groups excluding carboxylic acids is 1. The molecule has 4 N–H and O–H groups in total. The van der Waals surface area contributed by atoms with Crippen molar-refractivity contribution in [1.29, 1.82) is 0 Å². The van der Waals surface area contributed by atoms with Crippen molar-refractivity contribution >= 4 is 35.3 Å². The van der Waals surface area contributed by atoms with Crippen LogP contribution in [0.15, 0.2) is 72.1 Å². The first-order valence-electron chi connectivity index (χ1n) is 13.9. The molecule has 2 aliphatic heterocycles. The van der Waals surface area contributed by atoms with Gasteiger partial charge in [0.2, 0.25) is 0 Å². The van der Waals surface area contributed by atoms with E-state index in [4.69, 9.17) is 21.4 Å². The Kier molecular flexibility index (Phi) is 7.86. The van der Waals surface area contributed by atoms with Gasteiger partial charge in [0.15, 0.2) is 17.8 Å². The number of anilines is 2. The van der Waals surface area contributed by atoms with E-state index in [-0.39, 0.29) is 11.5 Å². The number of aromatic nitrogens is 6. The molecule has 0 amide bonds. The maximum Gasteiger partial charge on any atom is 0.172 e. The second-order valence-electron chi connectivity index (χ2n) is 10.7. The molecular formula is C31H33N9OS. The number of thioether (sulfide) groups is 1. The summed E-state index contributed by atoms with van der Waals surface area (Å²) in [4.78, 5) is 30.9. The fraction of sp³-hybridized carbons (Fsp3) is 0.290. The molecule has 2 bridgehead atoms. The van der Waals surface area contributed by atoms with Crippen LogP contribution in [-0.2, 0) is 0 Å². The van der Waals surface area contributed by atoms with Crippen molar-refractivity contribution in [3.05, 3.63) is 78.6 Å². The lowest BCUT2D eigenvalue weighted by Gasteiger charge is -2.36. The van der Waals surface area contributed by atoms with E-state index in [9.17, 15) is 4.79 Å². The van der Waals surface area contributed by atoms with Gasteiger partial charge in [0.1, 0.15) is 11.5 Å². The predicted molar refractivity (Wildman–Crippen MR) is 166 cm³/mol. The Balaban J connectivity index is 0.000000302. The maximum absolute atomic E-state index is 10.0. The molecule has 7 rings (SSSR count). The number of carbonyl (C=O) groups is 1. The maximum atomic E-state index is 10.0. The van der Waals surface area contributed by atoms with Crippen LogP contribution < -0.4 is 11.5 Å². The summed E-state index contributed by atoms with van der Waals surface area (Å²) in [6.07, 6.45) is 14.2. The van der Waals surface area contributed by atoms with E-state index in [1.165, 1.54) is 25.2 Å². The summed E-state index contributed by atoms with van der Waals surface area (Å²) in [5, 5.41) is 4.60. The van der Waals surface area contributed by atoms with Gasteiger partial charge in [-0.15, -0.1) is 11.8 Å². The number of nitrogens with zero attached hydrogens (tertiary/aromatic N) is 7. The van der Waals surface area contributed by atoms with E-state index in [1.807, 2.05) is 30.6 Å². The number of nitrogens with two attached hydrogens (primary N) is 2. The van der Waals surface area contributed by atoms with Gasteiger partial charge in [0, 0.05) is 53.3 Å². The molecular weight excluding hydrogens is 546 g/mol. The lowest BCUT2D eigenvalue weighted by Crippen LogP contribution is -2.39. The quantitative estimate of drug-likeness (QED) is 0.216. The first-order valence-corrected chi connectivity index (χ1v) is 15.2. The standard InChI is InChI=1S/C26H28N6S.C5H5N3O/c1-31-19-9-10-20(31)13-18(12-19)23-24(33-2)25(27)32-26(30-23)21(15-29-32)17-8-11-22(28-14-17)16-6-4-3-5-7-16;6-5-4(3-9)7-1-2-8-5/h3-8,11,14-15,18-20H,9-10,12-13,27H2,1-2H3;1-3H,(H2,6,8). The third kappa shape index (κ3) is 5.21. The molecule has 6 heterocycles. The largest absolute Gasteiger partial charge is 0.383 e. The number of nitrogen functional groups attached to an aromatic ring is 2. The van der Waals surface area contributed by atoms with Gasteiger partial charge in [-0.05, 0) is 45.1 Å². The number of benzene rings is 1. The van der Waals surface area contributed by atoms with Crippen molar-refractivity contribution in [3.8, 4) is 22.4 Å². The minimum atomic E-state index is 0.174. The lowest BCUT2D eigenvalue weighted by atomic mass is 9.88. The predicted octanol–water partition coefficient (Wildman–Crippen LogP) is 4.97. The summed E-state index contributed by atoms with van der Waals surface area (Å²) in [6, 6.07) is 15.7. The van der Waals surface area contributed by atoms with E-state index in [1.54, 1.807) is 16.3 Å². The highest BCUT2D eigenvalue weighted by atomic mass is 32.2. The summed E-state index contributed by atoms with van der Waals surface area (Å²) in [5.74, 6) is 1.30. The summed E-state index contributed by atoms with van der Waals surface area (Å²) in [6.45, 7) is 0. The van der Waals surface area contributed by atoms with Crippen molar-refractivity contribution in [1.82, 2.24) is 34.4 Å². The van der Waals surface area contributed by atoms with Crippen LogP contribution in [0, 0.1) is 0 Å². The third-order valence-corrected chi connectivity index (χ3v) is 9.19. The van der Waals surface area contributed by atoms with Gasteiger partial charge in [-0.25, -0.2) is 15.0 Å². The molecule has 42 heavy (non-hydrogen) atoms. The van der Waals surface area contributed by atoms with Crippen molar-refractivity contribution in [3.63, 3.8) is 0 Å². The van der Waals surface area contributed by atoms with E-state index in [0.29, 0.717) is 30.1 Å². The highest BCUT2D eigenvalue weighted by Gasteiger charge is 2.40. The molecule has 10 nitrogen and oxygen atoms in total. The Labute approximate surface area is 248 Å². The third-order valence-electron chi connectivity index (χ3n) is 8.36. The highest BCUT2D eigenvalue weighted by Crippen LogP contribution is 2.45. The first kappa shape index (κ1) is 27.8. The summed E-state index contributed by atoms with van der Waals surface area (Å²) < 4.78 is 1.79. The summed E-state index contributed by atoms with van der Waals surface area (Å²) in [7, 11) is 2.28. The Morgan fingerprint density at radius 2 is 1.67 bits per heavy atom. The fourth-order valence-electron chi connectivity index (χ4n) is 6.13. The van der Waals surface area contributed by atoms with Gasteiger partial charge in [-0.3, -0.25) is 9.78 Å². The Morgan fingerprint density at radius 3 is 2.29 bits per heavy atom.